The number of rotatable bonds is 6. The third kappa shape index (κ3) is 5.72. The largest absolute Gasteiger partial charge is 0.338 e. The molecule has 3 N–H and O–H groups in total. The van der Waals surface area contributed by atoms with Gasteiger partial charge in [0.1, 0.15) is 0 Å². The van der Waals surface area contributed by atoms with Crippen molar-refractivity contribution in [2.45, 2.75) is 25.4 Å². The molecule has 2 aromatic rings. The molecule has 0 atom stereocenters. The highest BCUT2D eigenvalue weighted by Gasteiger charge is 2.10. The molecule has 0 radical (unpaired) electrons. The quantitative estimate of drug-likeness (QED) is 0.691. The molecule has 2 aromatic heterocycles. The van der Waals surface area contributed by atoms with Gasteiger partial charge >= 0.3 is 6.03 Å². The van der Waals surface area contributed by atoms with Gasteiger partial charge in [-0.25, -0.2) is 14.8 Å². The van der Waals surface area contributed by atoms with Gasteiger partial charge in [-0.05, 0) is 18.4 Å². The lowest BCUT2D eigenvalue weighted by molar-refractivity contribution is -0.117. The van der Waals surface area contributed by atoms with Crippen molar-refractivity contribution in [2.24, 2.45) is 5.92 Å². The Morgan fingerprint density at radius 1 is 1.43 bits per heavy atom. The number of amides is 3. The molecule has 0 saturated heterocycles. The van der Waals surface area contributed by atoms with E-state index in [0.29, 0.717) is 33.8 Å². The molecule has 2 heterocycles. The van der Waals surface area contributed by atoms with Crippen LogP contribution in [0.4, 0.5) is 4.79 Å². The van der Waals surface area contributed by atoms with Gasteiger partial charge in [-0.2, -0.15) is 0 Å². The third-order valence-electron chi connectivity index (χ3n) is 2.88. The molecule has 0 aliphatic carbocycles. The molecular weight excluding hydrogens is 338 g/mol. The van der Waals surface area contributed by atoms with E-state index < -0.39 is 6.03 Å². The minimum absolute atomic E-state index is 0.0746. The first-order valence-corrected chi connectivity index (χ1v) is 8.52. The molecule has 0 aliphatic heterocycles. The molecule has 7 nitrogen and oxygen atoms in total. The van der Waals surface area contributed by atoms with E-state index in [9.17, 15) is 9.59 Å². The molecule has 0 aromatic carbocycles. The van der Waals surface area contributed by atoms with Gasteiger partial charge in [0.15, 0.2) is 10.8 Å². The summed E-state index contributed by atoms with van der Waals surface area (Å²) in [7, 11) is 0. The molecule has 23 heavy (non-hydrogen) atoms. The number of halogens is 1. The second-order valence-electron chi connectivity index (χ2n) is 5.34. The second-order valence-corrected chi connectivity index (χ2v) is 6.74. The van der Waals surface area contributed by atoms with Crippen molar-refractivity contribution in [3.05, 3.63) is 17.3 Å². The van der Waals surface area contributed by atoms with E-state index >= 15 is 0 Å². The summed E-state index contributed by atoms with van der Waals surface area (Å²) >= 11 is 7.04. The number of H-pyrrole nitrogens is 1. The molecule has 0 fully saturated rings. The van der Waals surface area contributed by atoms with Crippen molar-refractivity contribution in [3.8, 4) is 0 Å². The molecule has 0 aliphatic rings. The number of pyridine rings is 1. The van der Waals surface area contributed by atoms with Crippen molar-refractivity contribution in [3.63, 3.8) is 0 Å². The van der Waals surface area contributed by atoms with E-state index in [0.717, 1.165) is 6.42 Å². The van der Waals surface area contributed by atoms with Crippen molar-refractivity contribution < 1.29 is 9.59 Å². The third-order valence-corrected chi connectivity index (χ3v) is 3.96. The topological polar surface area (TPSA) is 99.8 Å². The maximum absolute atomic E-state index is 11.7. The molecule has 3 amide bonds. The van der Waals surface area contributed by atoms with Crippen LogP contribution in [-0.2, 0) is 4.79 Å². The fourth-order valence-electron chi connectivity index (χ4n) is 1.74. The van der Waals surface area contributed by atoms with E-state index in [-0.39, 0.29) is 11.7 Å². The summed E-state index contributed by atoms with van der Waals surface area (Å²) in [4.78, 5) is 34.6. The first kappa shape index (κ1) is 17.6. The van der Waals surface area contributed by atoms with Gasteiger partial charge in [0.25, 0.3) is 0 Å². The highest BCUT2D eigenvalue weighted by atomic mass is 35.5. The van der Waals surface area contributed by atoms with Crippen molar-refractivity contribution in [2.75, 3.05) is 12.3 Å². The summed E-state index contributed by atoms with van der Waals surface area (Å²) in [5.41, 5.74) is 1.23. The fraction of sp³-hybridized carbons (Fsp3) is 0.429. The summed E-state index contributed by atoms with van der Waals surface area (Å²) in [6.07, 6.45) is 2.37. The zero-order valence-corrected chi connectivity index (χ0v) is 14.4. The van der Waals surface area contributed by atoms with Crippen molar-refractivity contribution in [1.29, 1.82) is 0 Å². The number of nitrogens with one attached hydrogen (secondary N) is 3. The van der Waals surface area contributed by atoms with Gasteiger partial charge < -0.3 is 10.3 Å². The number of carbonyl (C=O) groups excluding carboxylic acids is 2. The maximum Gasteiger partial charge on any atom is 0.321 e. The monoisotopic (exact) mass is 355 g/mol. The van der Waals surface area contributed by atoms with Crippen LogP contribution in [0.15, 0.2) is 17.4 Å². The zero-order chi connectivity index (χ0) is 16.8. The number of hydrogen-bond donors (Lipinski definition) is 3. The van der Waals surface area contributed by atoms with Gasteiger partial charge in [0, 0.05) is 12.7 Å². The highest BCUT2D eigenvalue weighted by molar-refractivity contribution is 7.99. The lowest BCUT2D eigenvalue weighted by atomic mass is 10.1. The summed E-state index contributed by atoms with van der Waals surface area (Å²) in [6.45, 7) is 4.67. The summed E-state index contributed by atoms with van der Waals surface area (Å²) in [5.74, 6) is 0.186. The van der Waals surface area contributed by atoms with E-state index in [2.05, 4.69) is 39.4 Å². The average molecular weight is 356 g/mol. The SMILES string of the molecule is CC(C)CCNC(=O)NC(=O)CSc1nc2ncc(Cl)cc2[nH]1. The Balaban J connectivity index is 1.78. The first-order valence-electron chi connectivity index (χ1n) is 7.16. The minimum Gasteiger partial charge on any atom is -0.338 e. The van der Waals surface area contributed by atoms with Crippen LogP contribution in [-0.4, -0.2) is 39.2 Å². The van der Waals surface area contributed by atoms with Gasteiger partial charge in [-0.1, -0.05) is 37.2 Å². The molecule has 0 bridgehead atoms. The average Bonchev–Trinajstić information content (AvgIpc) is 2.86. The summed E-state index contributed by atoms with van der Waals surface area (Å²) in [6, 6.07) is 1.23. The number of aromatic amines is 1. The second kappa shape index (κ2) is 8.16. The molecule has 0 spiro atoms. The van der Waals surface area contributed by atoms with Crippen LogP contribution in [0.3, 0.4) is 0 Å². The van der Waals surface area contributed by atoms with Crippen LogP contribution in [0.25, 0.3) is 11.2 Å². The standard InChI is InChI=1S/C14H18ClN5O2S/c1-8(2)3-4-16-13(22)19-11(21)7-23-14-18-10-5-9(15)6-17-12(10)20-14/h5-6,8H,3-4,7H2,1-2H3,(H,17,18,20)(H2,16,19,21,22). The number of imide groups is 1. The molecular formula is C14H18ClN5O2S. The molecule has 2 rings (SSSR count). The smallest absolute Gasteiger partial charge is 0.321 e. The summed E-state index contributed by atoms with van der Waals surface area (Å²) < 4.78 is 0. The van der Waals surface area contributed by atoms with Crippen molar-refractivity contribution >= 4 is 46.5 Å². The van der Waals surface area contributed by atoms with Crippen LogP contribution in [0.2, 0.25) is 5.02 Å². The molecule has 0 unspecified atom stereocenters. The fourth-order valence-corrected chi connectivity index (χ4v) is 2.57. The molecule has 124 valence electrons. The van der Waals surface area contributed by atoms with Crippen LogP contribution in [0.1, 0.15) is 20.3 Å². The highest BCUT2D eigenvalue weighted by Crippen LogP contribution is 2.20. The Morgan fingerprint density at radius 3 is 2.96 bits per heavy atom. The Hall–Kier alpha value is -1.80. The van der Waals surface area contributed by atoms with E-state index in [4.69, 9.17) is 11.6 Å². The Kier molecular flexibility index (Phi) is 6.23. The number of nitrogens with zero attached hydrogens (tertiary/aromatic N) is 2. The van der Waals surface area contributed by atoms with Crippen LogP contribution < -0.4 is 10.6 Å². The lowest BCUT2D eigenvalue weighted by Gasteiger charge is -2.07. The number of imidazole rings is 1. The Morgan fingerprint density at radius 2 is 2.22 bits per heavy atom. The maximum atomic E-state index is 11.7. The van der Waals surface area contributed by atoms with Crippen LogP contribution in [0, 0.1) is 5.92 Å². The van der Waals surface area contributed by atoms with Crippen LogP contribution in [0.5, 0.6) is 0 Å². The normalized spacial score (nSPS) is 11.0. The van der Waals surface area contributed by atoms with Gasteiger partial charge in [0.2, 0.25) is 5.91 Å². The number of aromatic nitrogens is 3. The predicted octanol–water partition coefficient (Wildman–Crippen LogP) is 2.58. The van der Waals surface area contributed by atoms with E-state index in [1.807, 2.05) is 0 Å². The summed E-state index contributed by atoms with van der Waals surface area (Å²) in [5, 5.41) is 5.98. The lowest BCUT2D eigenvalue weighted by Crippen LogP contribution is -2.40. The first-order chi connectivity index (χ1) is 10.9. The number of fused-ring (bicyclic) bond motifs is 1. The van der Waals surface area contributed by atoms with E-state index in [1.165, 1.54) is 18.0 Å². The molecule has 9 heteroatoms. The van der Waals surface area contributed by atoms with Gasteiger partial charge in [-0.15, -0.1) is 0 Å². The van der Waals surface area contributed by atoms with E-state index in [1.54, 1.807) is 6.07 Å². The van der Waals surface area contributed by atoms with Crippen LogP contribution >= 0.6 is 23.4 Å². The van der Waals surface area contributed by atoms with Crippen molar-refractivity contribution in [1.82, 2.24) is 25.6 Å². The number of thioether (sulfide) groups is 1. The predicted molar refractivity (Wildman–Crippen MR) is 90.6 cm³/mol. The Labute approximate surface area is 143 Å². The number of urea groups is 1. The van der Waals surface area contributed by atoms with Gasteiger partial charge in [0.05, 0.1) is 16.3 Å². The zero-order valence-electron chi connectivity index (χ0n) is 12.9. The molecule has 0 saturated carbocycles. The number of carbonyl (C=O) groups is 2. The minimum atomic E-state index is -0.477. The Bertz CT molecular complexity index is 704. The van der Waals surface area contributed by atoms with Gasteiger partial charge in [-0.3, -0.25) is 10.1 Å². The number of hydrogen-bond acceptors (Lipinski definition) is 5.